The Hall–Kier alpha value is -3.14. The van der Waals surface area contributed by atoms with E-state index in [1.807, 2.05) is 13.8 Å². The summed E-state index contributed by atoms with van der Waals surface area (Å²) >= 11 is 12.3. The van der Waals surface area contributed by atoms with Crippen molar-refractivity contribution in [1.82, 2.24) is 10.2 Å². The van der Waals surface area contributed by atoms with Crippen LogP contribution in [0.5, 0.6) is 0 Å². The van der Waals surface area contributed by atoms with E-state index in [1.165, 1.54) is 60.4 Å². The molecule has 40 heavy (non-hydrogen) atoms. The molecule has 0 fully saturated rings. The molecule has 0 radical (unpaired) electrons. The van der Waals surface area contributed by atoms with Crippen molar-refractivity contribution in [3.8, 4) is 0 Å². The Morgan fingerprint density at radius 1 is 1.00 bits per heavy atom. The predicted octanol–water partition coefficient (Wildman–Crippen LogP) is 5.97. The van der Waals surface area contributed by atoms with E-state index in [2.05, 4.69) is 5.32 Å². The molecule has 0 aliphatic carbocycles. The van der Waals surface area contributed by atoms with Crippen LogP contribution < -0.4 is 9.62 Å². The molecule has 2 amide bonds. The van der Waals surface area contributed by atoms with Crippen LogP contribution in [0.4, 0.5) is 10.1 Å². The van der Waals surface area contributed by atoms with Gasteiger partial charge in [-0.25, -0.2) is 12.8 Å². The Morgan fingerprint density at radius 3 is 2.30 bits per heavy atom. The summed E-state index contributed by atoms with van der Waals surface area (Å²) in [5.74, 6) is -1.68. The molecule has 0 aliphatic rings. The highest BCUT2D eigenvalue weighted by atomic mass is 35.5. The van der Waals surface area contributed by atoms with Gasteiger partial charge in [-0.15, -0.1) is 0 Å². The number of hydrogen-bond acceptors (Lipinski definition) is 4. The number of benzene rings is 3. The highest BCUT2D eigenvalue weighted by molar-refractivity contribution is 7.92. The number of unbranched alkanes of at least 4 members (excludes halogenated alkanes) is 1. The van der Waals surface area contributed by atoms with Crippen LogP contribution in [-0.2, 0) is 26.2 Å². The van der Waals surface area contributed by atoms with E-state index in [0.29, 0.717) is 6.54 Å². The Kier molecular flexibility index (Phi) is 11.0. The van der Waals surface area contributed by atoms with Gasteiger partial charge in [0.15, 0.2) is 0 Å². The number of rotatable bonds is 12. The van der Waals surface area contributed by atoms with Gasteiger partial charge in [0.1, 0.15) is 18.4 Å². The largest absolute Gasteiger partial charge is 0.354 e. The van der Waals surface area contributed by atoms with E-state index in [0.717, 1.165) is 22.7 Å². The van der Waals surface area contributed by atoms with Crippen LogP contribution >= 0.6 is 23.2 Å². The zero-order valence-corrected chi connectivity index (χ0v) is 24.9. The van der Waals surface area contributed by atoms with Gasteiger partial charge in [0.05, 0.1) is 20.6 Å². The Morgan fingerprint density at radius 2 is 1.68 bits per heavy atom. The van der Waals surface area contributed by atoms with Gasteiger partial charge < -0.3 is 10.2 Å². The van der Waals surface area contributed by atoms with Crippen molar-refractivity contribution in [2.24, 2.45) is 0 Å². The summed E-state index contributed by atoms with van der Waals surface area (Å²) in [4.78, 5) is 28.0. The van der Waals surface area contributed by atoms with Gasteiger partial charge in [-0.3, -0.25) is 13.9 Å². The maximum absolute atomic E-state index is 14.6. The molecule has 0 saturated carbocycles. The number of amides is 2. The summed E-state index contributed by atoms with van der Waals surface area (Å²) in [5, 5.41) is 3.10. The minimum absolute atomic E-state index is 0.0389. The lowest BCUT2D eigenvalue weighted by Gasteiger charge is -2.32. The number of nitrogens with one attached hydrogen (secondary N) is 1. The van der Waals surface area contributed by atoms with Gasteiger partial charge in [0.2, 0.25) is 11.8 Å². The molecule has 0 heterocycles. The lowest BCUT2D eigenvalue weighted by Crippen LogP contribution is -2.51. The summed E-state index contributed by atoms with van der Waals surface area (Å²) < 4.78 is 43.2. The number of carbonyl (C=O) groups excluding carboxylic acids is 2. The highest BCUT2D eigenvalue weighted by Crippen LogP contribution is 2.31. The molecular formula is C29H32Cl2FN3O4S. The average Bonchev–Trinajstić information content (AvgIpc) is 2.92. The summed E-state index contributed by atoms with van der Waals surface area (Å²) in [7, 11) is -4.26. The normalized spacial score (nSPS) is 12.1. The third-order valence-corrected chi connectivity index (χ3v) is 8.90. The van der Waals surface area contributed by atoms with E-state index >= 15 is 0 Å². The fourth-order valence-electron chi connectivity index (χ4n) is 3.94. The molecule has 0 saturated heterocycles. The minimum atomic E-state index is -4.26. The second-order valence-electron chi connectivity index (χ2n) is 9.36. The fraction of sp³-hybridized carbons (Fsp3) is 0.310. The molecule has 1 unspecified atom stereocenters. The molecule has 1 atom stereocenters. The number of aryl methyl sites for hydroxylation is 1. The Labute approximate surface area is 244 Å². The Bertz CT molecular complexity index is 1450. The van der Waals surface area contributed by atoms with E-state index in [4.69, 9.17) is 23.2 Å². The van der Waals surface area contributed by atoms with Gasteiger partial charge in [0.25, 0.3) is 10.0 Å². The molecule has 11 heteroatoms. The first-order chi connectivity index (χ1) is 18.9. The quantitative estimate of drug-likeness (QED) is 0.257. The SMILES string of the molecule is CCCCNC(=O)C(C)N(Cc1ccccc1F)C(=O)CN(c1ccc(Cl)c(Cl)c1)S(=O)(=O)c1ccc(C)cc1. The van der Waals surface area contributed by atoms with Crippen molar-refractivity contribution >= 4 is 50.7 Å². The van der Waals surface area contributed by atoms with Crippen molar-refractivity contribution in [3.05, 3.63) is 93.7 Å². The van der Waals surface area contributed by atoms with Gasteiger partial charge in [-0.05, 0) is 56.7 Å². The van der Waals surface area contributed by atoms with E-state index in [-0.39, 0.29) is 32.7 Å². The molecule has 3 aromatic rings. The van der Waals surface area contributed by atoms with Crippen molar-refractivity contribution in [2.45, 2.75) is 51.1 Å². The molecule has 0 aromatic heterocycles. The number of hydrogen-bond donors (Lipinski definition) is 1. The van der Waals surface area contributed by atoms with Crippen molar-refractivity contribution in [3.63, 3.8) is 0 Å². The molecule has 214 valence electrons. The first kappa shape index (κ1) is 31.4. The standard InChI is InChI=1S/C29H32Cl2FN3O4S/c1-4-5-16-33-29(37)21(3)34(18-22-8-6-7-9-27(22)32)28(36)19-35(23-12-15-25(30)26(31)17-23)40(38,39)24-13-10-20(2)11-14-24/h6-15,17,21H,4-5,16,18-19H2,1-3H3,(H,33,37). The number of halogens is 3. The fourth-order valence-corrected chi connectivity index (χ4v) is 5.63. The van der Waals surface area contributed by atoms with Gasteiger partial charge in [-0.1, -0.05) is 72.4 Å². The van der Waals surface area contributed by atoms with Gasteiger partial charge >= 0.3 is 0 Å². The maximum atomic E-state index is 14.6. The van der Waals surface area contributed by atoms with Gasteiger partial charge in [-0.2, -0.15) is 0 Å². The molecule has 3 rings (SSSR count). The van der Waals surface area contributed by atoms with Crippen LogP contribution in [0.15, 0.2) is 71.6 Å². The highest BCUT2D eigenvalue weighted by Gasteiger charge is 2.33. The second-order valence-corrected chi connectivity index (χ2v) is 12.0. The topological polar surface area (TPSA) is 86.8 Å². The minimum Gasteiger partial charge on any atom is -0.354 e. The van der Waals surface area contributed by atoms with Crippen LogP contribution in [0.25, 0.3) is 0 Å². The first-order valence-corrected chi connectivity index (χ1v) is 15.0. The van der Waals surface area contributed by atoms with E-state index < -0.39 is 40.2 Å². The smallest absolute Gasteiger partial charge is 0.264 e. The third-order valence-electron chi connectivity index (χ3n) is 6.37. The predicted molar refractivity (Wildman–Crippen MR) is 157 cm³/mol. The van der Waals surface area contributed by atoms with Crippen LogP contribution in [-0.4, -0.2) is 44.3 Å². The molecule has 3 aromatic carbocycles. The lowest BCUT2D eigenvalue weighted by atomic mass is 10.1. The molecule has 0 bridgehead atoms. The zero-order chi connectivity index (χ0) is 29.4. The van der Waals surface area contributed by atoms with Crippen LogP contribution in [0.2, 0.25) is 10.0 Å². The number of anilines is 1. The van der Waals surface area contributed by atoms with Gasteiger partial charge in [0, 0.05) is 18.7 Å². The van der Waals surface area contributed by atoms with Crippen molar-refractivity contribution < 1.29 is 22.4 Å². The summed E-state index contributed by atoms with van der Waals surface area (Å²) in [6.45, 7) is 4.83. The maximum Gasteiger partial charge on any atom is 0.264 e. The van der Waals surface area contributed by atoms with Crippen molar-refractivity contribution in [2.75, 3.05) is 17.4 Å². The summed E-state index contributed by atoms with van der Waals surface area (Å²) in [6, 6.07) is 15.3. The van der Waals surface area contributed by atoms with E-state index in [1.54, 1.807) is 18.2 Å². The average molecular weight is 609 g/mol. The van der Waals surface area contributed by atoms with Crippen LogP contribution in [0.3, 0.4) is 0 Å². The van der Waals surface area contributed by atoms with Crippen LogP contribution in [0.1, 0.15) is 37.8 Å². The van der Waals surface area contributed by atoms with Crippen LogP contribution in [0, 0.1) is 12.7 Å². The molecular weight excluding hydrogens is 576 g/mol. The number of carbonyl (C=O) groups is 2. The summed E-state index contributed by atoms with van der Waals surface area (Å²) in [6.07, 6.45) is 1.61. The number of nitrogens with zero attached hydrogens (tertiary/aromatic N) is 2. The second kappa shape index (κ2) is 14.0. The van der Waals surface area contributed by atoms with Crippen molar-refractivity contribution in [1.29, 1.82) is 0 Å². The molecule has 7 nitrogen and oxygen atoms in total. The Balaban J connectivity index is 2.03. The number of sulfonamides is 1. The summed E-state index contributed by atoms with van der Waals surface area (Å²) in [5.41, 5.74) is 1.15. The monoisotopic (exact) mass is 607 g/mol. The molecule has 0 aliphatic heterocycles. The third kappa shape index (κ3) is 7.74. The van der Waals surface area contributed by atoms with E-state index in [9.17, 15) is 22.4 Å². The zero-order valence-electron chi connectivity index (χ0n) is 22.5. The lowest BCUT2D eigenvalue weighted by molar-refractivity contribution is -0.139. The molecule has 0 spiro atoms. The molecule has 1 N–H and O–H groups in total. The first-order valence-electron chi connectivity index (χ1n) is 12.8.